The zero-order valence-corrected chi connectivity index (χ0v) is 12.0. The van der Waals surface area contributed by atoms with Gasteiger partial charge in [0.1, 0.15) is 5.82 Å². The van der Waals surface area contributed by atoms with Crippen LogP contribution in [0.25, 0.3) is 0 Å². The average molecular weight is 314 g/mol. The Bertz CT molecular complexity index is 455. The Kier molecular flexibility index (Phi) is 4.05. The van der Waals surface area contributed by atoms with E-state index in [-0.39, 0.29) is 17.0 Å². The lowest BCUT2D eigenvalue weighted by Gasteiger charge is -2.34. The summed E-state index contributed by atoms with van der Waals surface area (Å²) < 4.78 is 14.3. The lowest BCUT2D eigenvalue weighted by molar-refractivity contribution is 0.0878. The monoisotopic (exact) mass is 313 g/mol. The summed E-state index contributed by atoms with van der Waals surface area (Å²) in [5, 5.41) is 2.98. The number of rotatable bonds is 2. The molecule has 18 heavy (non-hydrogen) atoms. The number of carbonyl (C=O) groups excluding carboxylic acids is 1. The molecule has 0 atom stereocenters. The van der Waals surface area contributed by atoms with Gasteiger partial charge in [0.05, 0.1) is 5.56 Å². The van der Waals surface area contributed by atoms with Gasteiger partial charge in [0.15, 0.2) is 0 Å². The molecule has 0 radical (unpaired) electrons. The molecule has 0 heterocycles. The van der Waals surface area contributed by atoms with Crippen molar-refractivity contribution in [1.29, 1.82) is 0 Å². The van der Waals surface area contributed by atoms with Gasteiger partial charge in [-0.25, -0.2) is 4.39 Å². The van der Waals surface area contributed by atoms with Gasteiger partial charge in [0.25, 0.3) is 5.91 Å². The minimum Gasteiger partial charge on any atom is -0.347 e. The first-order valence-corrected chi connectivity index (χ1v) is 7.07. The van der Waals surface area contributed by atoms with E-state index in [4.69, 9.17) is 0 Å². The molecule has 98 valence electrons. The molecule has 1 fully saturated rings. The first-order valence-electron chi connectivity index (χ1n) is 6.28. The highest BCUT2D eigenvalue weighted by Gasteiger charge is 2.29. The van der Waals surface area contributed by atoms with Crippen molar-refractivity contribution in [3.63, 3.8) is 0 Å². The second-order valence-electron chi connectivity index (χ2n) is 5.20. The van der Waals surface area contributed by atoms with Gasteiger partial charge in [-0.3, -0.25) is 4.79 Å². The van der Waals surface area contributed by atoms with Gasteiger partial charge in [-0.1, -0.05) is 35.2 Å². The summed E-state index contributed by atoms with van der Waals surface area (Å²) in [4.78, 5) is 12.1. The van der Waals surface area contributed by atoms with Crippen LogP contribution in [0, 0.1) is 5.82 Å². The Morgan fingerprint density at radius 2 is 2.00 bits per heavy atom. The Labute approximate surface area is 115 Å². The molecule has 0 saturated heterocycles. The lowest BCUT2D eigenvalue weighted by atomic mass is 9.83. The topological polar surface area (TPSA) is 29.1 Å². The maximum Gasteiger partial charge on any atom is 0.254 e. The Morgan fingerprint density at radius 1 is 1.33 bits per heavy atom. The molecule has 1 aliphatic rings. The molecule has 0 aromatic heterocycles. The highest BCUT2D eigenvalue weighted by Crippen LogP contribution is 2.28. The molecular weight excluding hydrogens is 297 g/mol. The molecule has 0 aliphatic heterocycles. The molecule has 1 aromatic carbocycles. The van der Waals surface area contributed by atoms with Crippen LogP contribution in [0.4, 0.5) is 4.39 Å². The summed E-state index contributed by atoms with van der Waals surface area (Å²) in [6, 6.07) is 4.42. The normalized spacial score (nSPS) is 18.4. The van der Waals surface area contributed by atoms with Crippen molar-refractivity contribution in [2.45, 2.75) is 44.6 Å². The average Bonchev–Trinajstić information content (AvgIpc) is 2.32. The van der Waals surface area contributed by atoms with Gasteiger partial charge in [0.2, 0.25) is 0 Å². The number of hydrogen-bond donors (Lipinski definition) is 1. The molecule has 1 aromatic rings. The SMILES string of the molecule is CC1(NC(=O)c2cc(Br)ccc2F)CCCCC1. The zero-order valence-electron chi connectivity index (χ0n) is 10.4. The van der Waals surface area contributed by atoms with Gasteiger partial charge in [0, 0.05) is 10.0 Å². The minimum atomic E-state index is -0.477. The summed E-state index contributed by atoms with van der Waals surface area (Å²) in [6.45, 7) is 2.04. The van der Waals surface area contributed by atoms with Gasteiger partial charge in [-0.05, 0) is 38.0 Å². The first kappa shape index (κ1) is 13.5. The van der Waals surface area contributed by atoms with Gasteiger partial charge in [-0.2, -0.15) is 0 Å². The summed E-state index contributed by atoms with van der Waals surface area (Å²) in [5.74, 6) is -0.798. The number of halogens is 2. The summed E-state index contributed by atoms with van der Waals surface area (Å²) in [6.07, 6.45) is 5.40. The first-order chi connectivity index (χ1) is 8.50. The number of amides is 1. The molecule has 0 spiro atoms. The van der Waals surface area contributed by atoms with Crippen LogP contribution >= 0.6 is 15.9 Å². The van der Waals surface area contributed by atoms with E-state index in [9.17, 15) is 9.18 Å². The zero-order chi connectivity index (χ0) is 13.2. The lowest BCUT2D eigenvalue weighted by Crippen LogP contribution is -2.47. The molecule has 0 unspecified atom stereocenters. The van der Waals surface area contributed by atoms with Crippen molar-refractivity contribution in [3.8, 4) is 0 Å². The quantitative estimate of drug-likeness (QED) is 0.877. The summed E-state index contributed by atoms with van der Waals surface area (Å²) in [5.41, 5.74) is -0.0828. The van der Waals surface area contributed by atoms with Gasteiger partial charge in [-0.15, -0.1) is 0 Å². The molecular formula is C14H17BrFNO. The number of nitrogens with one attached hydrogen (secondary N) is 1. The fourth-order valence-corrected chi connectivity index (χ4v) is 2.83. The Balaban J connectivity index is 2.14. The van der Waals surface area contributed by atoms with E-state index in [1.54, 1.807) is 6.07 Å². The standard InChI is InChI=1S/C14H17BrFNO/c1-14(7-3-2-4-8-14)17-13(18)11-9-10(15)5-6-12(11)16/h5-6,9H,2-4,7-8H2,1H3,(H,17,18). The van der Waals surface area contributed by atoms with E-state index in [1.165, 1.54) is 18.6 Å². The Morgan fingerprint density at radius 3 is 2.67 bits per heavy atom. The van der Waals surface area contributed by atoms with Crippen LogP contribution in [0.1, 0.15) is 49.4 Å². The molecule has 1 aliphatic carbocycles. The van der Waals surface area contributed by atoms with E-state index in [1.807, 2.05) is 6.92 Å². The van der Waals surface area contributed by atoms with Crippen LogP contribution < -0.4 is 5.32 Å². The summed E-state index contributed by atoms with van der Waals surface area (Å²) >= 11 is 3.26. The second kappa shape index (κ2) is 5.39. The van der Waals surface area contributed by atoms with Crippen LogP contribution in [-0.4, -0.2) is 11.4 Å². The number of carbonyl (C=O) groups is 1. The third kappa shape index (κ3) is 3.10. The van der Waals surface area contributed by atoms with Crippen LogP contribution in [0.2, 0.25) is 0 Å². The molecule has 0 bridgehead atoms. The smallest absolute Gasteiger partial charge is 0.254 e. The van der Waals surface area contributed by atoms with E-state index in [0.29, 0.717) is 4.47 Å². The predicted molar refractivity (Wildman–Crippen MR) is 73.1 cm³/mol. The van der Waals surface area contributed by atoms with Gasteiger partial charge < -0.3 is 5.32 Å². The van der Waals surface area contributed by atoms with E-state index < -0.39 is 5.82 Å². The molecule has 1 N–H and O–H groups in total. The maximum atomic E-state index is 13.6. The summed E-state index contributed by atoms with van der Waals surface area (Å²) in [7, 11) is 0. The molecule has 4 heteroatoms. The van der Waals surface area contributed by atoms with E-state index in [2.05, 4.69) is 21.2 Å². The van der Waals surface area contributed by atoms with Crippen molar-refractivity contribution in [2.75, 3.05) is 0 Å². The van der Waals surface area contributed by atoms with Crippen LogP contribution in [0.15, 0.2) is 22.7 Å². The fourth-order valence-electron chi connectivity index (χ4n) is 2.47. The van der Waals surface area contributed by atoms with Crippen molar-refractivity contribution in [3.05, 3.63) is 34.1 Å². The highest BCUT2D eigenvalue weighted by molar-refractivity contribution is 9.10. The maximum absolute atomic E-state index is 13.6. The largest absolute Gasteiger partial charge is 0.347 e. The third-order valence-corrected chi connectivity index (χ3v) is 4.04. The van der Waals surface area contributed by atoms with Crippen LogP contribution in [-0.2, 0) is 0 Å². The predicted octanol–water partition coefficient (Wildman–Crippen LogP) is 4.04. The number of hydrogen-bond acceptors (Lipinski definition) is 1. The molecule has 1 amide bonds. The van der Waals surface area contributed by atoms with E-state index in [0.717, 1.165) is 25.7 Å². The second-order valence-corrected chi connectivity index (χ2v) is 6.12. The van der Waals surface area contributed by atoms with Crippen molar-refractivity contribution < 1.29 is 9.18 Å². The van der Waals surface area contributed by atoms with E-state index >= 15 is 0 Å². The molecule has 2 rings (SSSR count). The minimum absolute atomic E-state index is 0.108. The highest BCUT2D eigenvalue weighted by atomic mass is 79.9. The number of benzene rings is 1. The van der Waals surface area contributed by atoms with Crippen LogP contribution in [0.3, 0.4) is 0 Å². The fraction of sp³-hybridized carbons (Fsp3) is 0.500. The molecule has 2 nitrogen and oxygen atoms in total. The Hall–Kier alpha value is -0.900. The van der Waals surface area contributed by atoms with Gasteiger partial charge >= 0.3 is 0 Å². The molecule has 1 saturated carbocycles. The third-order valence-electron chi connectivity index (χ3n) is 3.55. The van der Waals surface area contributed by atoms with Crippen molar-refractivity contribution in [1.82, 2.24) is 5.32 Å². The van der Waals surface area contributed by atoms with Crippen LogP contribution in [0.5, 0.6) is 0 Å². The van der Waals surface area contributed by atoms with Crippen molar-refractivity contribution >= 4 is 21.8 Å². The van der Waals surface area contributed by atoms with Crippen molar-refractivity contribution in [2.24, 2.45) is 0 Å².